The fraction of sp³-hybridized carbons (Fsp3) is 0.235. The number of carbonyl (C=O) groups is 1. The van der Waals surface area contributed by atoms with E-state index in [2.05, 4.69) is 10.1 Å². The highest BCUT2D eigenvalue weighted by Crippen LogP contribution is 2.30. The van der Waals surface area contributed by atoms with Crippen LogP contribution in [0.2, 0.25) is 0 Å². The third kappa shape index (κ3) is 2.58. The fourth-order valence-corrected chi connectivity index (χ4v) is 2.57. The Morgan fingerprint density at radius 2 is 2.00 bits per heavy atom. The standard InChI is InChI=1S/C17H17FN4O2/c1-3-13-14(10-5-7-11(18)8-6-10)16-20-9-12(17(23)24-4-2)15(19)22(16)21-13/h5-9H,3-4,19H2,1-2H3. The number of hydrogen-bond acceptors (Lipinski definition) is 5. The average Bonchev–Trinajstić information content (AvgIpc) is 2.95. The molecule has 0 fully saturated rings. The first-order valence-electron chi connectivity index (χ1n) is 7.66. The Balaban J connectivity index is 2.22. The van der Waals surface area contributed by atoms with Crippen LogP contribution in [0.1, 0.15) is 29.9 Å². The quantitative estimate of drug-likeness (QED) is 0.745. The normalized spacial score (nSPS) is 11.0. The number of aryl methyl sites for hydroxylation is 1. The summed E-state index contributed by atoms with van der Waals surface area (Å²) in [5.41, 5.74) is 9.11. The van der Waals surface area contributed by atoms with Crippen molar-refractivity contribution >= 4 is 17.4 Å². The smallest absolute Gasteiger partial charge is 0.343 e. The molecule has 0 saturated carbocycles. The second kappa shape index (κ2) is 6.27. The number of hydrogen-bond donors (Lipinski definition) is 1. The molecule has 0 aliphatic rings. The molecule has 0 radical (unpaired) electrons. The number of aromatic nitrogens is 3. The predicted octanol–water partition coefficient (Wildman–Crippen LogP) is 2.86. The van der Waals surface area contributed by atoms with Crippen molar-refractivity contribution in [2.75, 3.05) is 12.3 Å². The maximum Gasteiger partial charge on any atom is 0.343 e. The molecular formula is C17H17FN4O2. The Morgan fingerprint density at radius 3 is 2.62 bits per heavy atom. The lowest BCUT2D eigenvalue weighted by Crippen LogP contribution is -2.12. The van der Waals surface area contributed by atoms with E-state index in [4.69, 9.17) is 10.5 Å². The number of nitrogen functional groups attached to an aromatic ring is 1. The van der Waals surface area contributed by atoms with E-state index in [0.29, 0.717) is 12.1 Å². The predicted molar refractivity (Wildman–Crippen MR) is 88.1 cm³/mol. The zero-order valence-corrected chi connectivity index (χ0v) is 13.4. The van der Waals surface area contributed by atoms with Crippen molar-refractivity contribution in [3.8, 4) is 11.1 Å². The highest BCUT2D eigenvalue weighted by atomic mass is 19.1. The monoisotopic (exact) mass is 328 g/mol. The first kappa shape index (κ1) is 15.9. The lowest BCUT2D eigenvalue weighted by Gasteiger charge is -2.06. The van der Waals surface area contributed by atoms with Gasteiger partial charge in [0.1, 0.15) is 17.2 Å². The minimum absolute atomic E-state index is 0.167. The van der Waals surface area contributed by atoms with Crippen molar-refractivity contribution in [2.24, 2.45) is 0 Å². The van der Waals surface area contributed by atoms with Crippen molar-refractivity contribution < 1.29 is 13.9 Å². The van der Waals surface area contributed by atoms with E-state index in [0.717, 1.165) is 16.8 Å². The van der Waals surface area contributed by atoms with E-state index in [-0.39, 0.29) is 23.8 Å². The summed E-state index contributed by atoms with van der Waals surface area (Å²) >= 11 is 0. The van der Waals surface area contributed by atoms with E-state index in [9.17, 15) is 9.18 Å². The number of fused-ring (bicyclic) bond motifs is 1. The van der Waals surface area contributed by atoms with Crippen LogP contribution in [-0.2, 0) is 11.2 Å². The topological polar surface area (TPSA) is 82.5 Å². The molecule has 0 aliphatic heterocycles. The van der Waals surface area contributed by atoms with Gasteiger partial charge in [-0.05, 0) is 31.0 Å². The summed E-state index contributed by atoms with van der Waals surface area (Å²) in [6, 6.07) is 6.11. The van der Waals surface area contributed by atoms with Crippen molar-refractivity contribution in [3.63, 3.8) is 0 Å². The van der Waals surface area contributed by atoms with Gasteiger partial charge in [0, 0.05) is 11.8 Å². The molecule has 7 heteroatoms. The van der Waals surface area contributed by atoms with Gasteiger partial charge in [-0.25, -0.2) is 14.2 Å². The Kier molecular flexibility index (Phi) is 4.16. The number of anilines is 1. The average molecular weight is 328 g/mol. The first-order chi connectivity index (χ1) is 11.6. The van der Waals surface area contributed by atoms with Gasteiger partial charge in [-0.3, -0.25) is 0 Å². The second-order valence-corrected chi connectivity index (χ2v) is 5.20. The van der Waals surface area contributed by atoms with E-state index < -0.39 is 5.97 Å². The maximum atomic E-state index is 13.2. The molecule has 0 saturated heterocycles. The van der Waals surface area contributed by atoms with Crippen LogP contribution in [0.3, 0.4) is 0 Å². The summed E-state index contributed by atoms with van der Waals surface area (Å²) in [6.07, 6.45) is 2.03. The van der Waals surface area contributed by atoms with Crippen LogP contribution in [0.5, 0.6) is 0 Å². The Labute approximate surface area is 138 Å². The molecule has 0 spiro atoms. The van der Waals surface area contributed by atoms with Gasteiger partial charge in [0.05, 0.1) is 12.3 Å². The summed E-state index contributed by atoms with van der Waals surface area (Å²) in [5, 5.41) is 4.46. The number of nitrogens with zero attached hydrogens (tertiary/aromatic N) is 3. The number of esters is 1. The maximum absolute atomic E-state index is 13.2. The first-order valence-corrected chi connectivity index (χ1v) is 7.66. The number of carbonyl (C=O) groups excluding carboxylic acids is 1. The number of benzene rings is 1. The molecule has 2 aromatic heterocycles. The molecular weight excluding hydrogens is 311 g/mol. The Bertz CT molecular complexity index is 903. The Hall–Kier alpha value is -2.96. The van der Waals surface area contributed by atoms with Gasteiger partial charge in [0.25, 0.3) is 0 Å². The van der Waals surface area contributed by atoms with Crippen molar-refractivity contribution in [2.45, 2.75) is 20.3 Å². The van der Waals surface area contributed by atoms with Gasteiger partial charge in [-0.1, -0.05) is 19.1 Å². The van der Waals surface area contributed by atoms with Gasteiger partial charge < -0.3 is 10.5 Å². The largest absolute Gasteiger partial charge is 0.462 e. The van der Waals surface area contributed by atoms with Crippen molar-refractivity contribution in [3.05, 3.63) is 47.5 Å². The molecule has 0 bridgehead atoms. The lowest BCUT2D eigenvalue weighted by molar-refractivity contribution is 0.0526. The summed E-state index contributed by atoms with van der Waals surface area (Å²) in [7, 11) is 0. The molecule has 0 aliphatic carbocycles. The molecule has 6 nitrogen and oxygen atoms in total. The molecule has 2 N–H and O–H groups in total. The van der Waals surface area contributed by atoms with Crippen molar-refractivity contribution in [1.29, 1.82) is 0 Å². The molecule has 1 aromatic carbocycles. The lowest BCUT2D eigenvalue weighted by atomic mass is 10.0. The van der Waals surface area contributed by atoms with E-state index in [1.807, 2.05) is 6.92 Å². The zero-order valence-electron chi connectivity index (χ0n) is 13.4. The highest BCUT2D eigenvalue weighted by Gasteiger charge is 2.20. The minimum atomic E-state index is -0.540. The molecule has 124 valence electrons. The number of ether oxygens (including phenoxy) is 1. The van der Waals surface area contributed by atoms with Crippen LogP contribution in [0, 0.1) is 5.82 Å². The van der Waals surface area contributed by atoms with Crippen LogP contribution in [0.4, 0.5) is 10.2 Å². The van der Waals surface area contributed by atoms with Crippen LogP contribution >= 0.6 is 0 Å². The molecule has 24 heavy (non-hydrogen) atoms. The molecule has 3 rings (SSSR count). The third-order valence-electron chi connectivity index (χ3n) is 3.72. The second-order valence-electron chi connectivity index (χ2n) is 5.20. The van der Waals surface area contributed by atoms with Crippen LogP contribution in [-0.4, -0.2) is 27.2 Å². The van der Waals surface area contributed by atoms with Gasteiger partial charge in [0.15, 0.2) is 5.65 Å². The van der Waals surface area contributed by atoms with Crippen LogP contribution in [0.15, 0.2) is 30.5 Å². The van der Waals surface area contributed by atoms with E-state index in [1.54, 1.807) is 19.1 Å². The molecule has 0 unspecified atom stereocenters. The van der Waals surface area contributed by atoms with E-state index >= 15 is 0 Å². The summed E-state index contributed by atoms with van der Waals surface area (Å²) in [4.78, 5) is 16.3. The number of nitrogens with two attached hydrogens (primary N) is 1. The van der Waals surface area contributed by atoms with E-state index in [1.165, 1.54) is 22.8 Å². The van der Waals surface area contributed by atoms with Gasteiger partial charge >= 0.3 is 5.97 Å². The third-order valence-corrected chi connectivity index (χ3v) is 3.72. The summed E-state index contributed by atoms with van der Waals surface area (Å²) in [6.45, 7) is 3.92. The zero-order chi connectivity index (χ0) is 17.3. The van der Waals surface area contributed by atoms with Crippen LogP contribution in [0.25, 0.3) is 16.8 Å². The SMILES string of the molecule is CCOC(=O)c1cnc2c(-c3ccc(F)cc3)c(CC)nn2c1N. The van der Waals surface area contributed by atoms with Crippen LogP contribution < -0.4 is 5.73 Å². The fourth-order valence-electron chi connectivity index (χ4n) is 2.57. The highest BCUT2D eigenvalue weighted by molar-refractivity contribution is 5.95. The summed E-state index contributed by atoms with van der Waals surface area (Å²) < 4.78 is 19.6. The molecule has 3 aromatic rings. The Morgan fingerprint density at radius 1 is 1.29 bits per heavy atom. The van der Waals surface area contributed by atoms with Gasteiger partial charge in [-0.15, -0.1) is 0 Å². The molecule has 0 amide bonds. The van der Waals surface area contributed by atoms with Crippen molar-refractivity contribution in [1.82, 2.24) is 14.6 Å². The molecule has 0 atom stereocenters. The minimum Gasteiger partial charge on any atom is -0.462 e. The van der Waals surface area contributed by atoms with Gasteiger partial charge in [0.2, 0.25) is 0 Å². The number of rotatable bonds is 4. The van der Waals surface area contributed by atoms with Gasteiger partial charge in [-0.2, -0.15) is 9.61 Å². The number of halogens is 1. The molecule has 2 heterocycles. The summed E-state index contributed by atoms with van der Waals surface area (Å²) in [5.74, 6) is -0.687.